The van der Waals surface area contributed by atoms with Crippen LogP contribution in [-0.4, -0.2) is 35.9 Å². The maximum atomic E-state index is 13.7. The van der Waals surface area contributed by atoms with Crippen LogP contribution in [0.5, 0.6) is 11.5 Å². The zero-order valence-corrected chi connectivity index (χ0v) is 15.1. The molecule has 0 amide bonds. The van der Waals surface area contributed by atoms with Crippen LogP contribution >= 0.6 is 0 Å². The van der Waals surface area contributed by atoms with Gasteiger partial charge in [-0.1, -0.05) is 18.2 Å². The Hall–Kier alpha value is -3.42. The van der Waals surface area contributed by atoms with Gasteiger partial charge < -0.3 is 20.1 Å². The number of halogens is 1. The van der Waals surface area contributed by atoms with Crippen molar-refractivity contribution < 1.29 is 13.9 Å². The summed E-state index contributed by atoms with van der Waals surface area (Å²) in [6.45, 7) is 0.481. The number of aromatic nitrogens is 3. The molecule has 0 aliphatic heterocycles. The van der Waals surface area contributed by atoms with Crippen molar-refractivity contribution in [3.8, 4) is 11.5 Å². The first kappa shape index (κ1) is 18.4. The number of hydrogen-bond donors (Lipinski definition) is 2. The minimum absolute atomic E-state index is 0.223. The number of anilines is 3. The molecule has 2 N–H and O–H groups in total. The van der Waals surface area contributed by atoms with Crippen LogP contribution in [0.15, 0.2) is 48.7 Å². The minimum Gasteiger partial charge on any atom is -0.497 e. The van der Waals surface area contributed by atoms with Crippen molar-refractivity contribution in [1.82, 2.24) is 15.2 Å². The van der Waals surface area contributed by atoms with E-state index in [4.69, 9.17) is 9.47 Å². The van der Waals surface area contributed by atoms with E-state index in [-0.39, 0.29) is 5.82 Å². The molecule has 0 unspecified atom stereocenters. The highest BCUT2D eigenvalue weighted by molar-refractivity contribution is 5.66. The first-order valence-corrected chi connectivity index (χ1v) is 8.35. The standard InChI is InChI=1S/C19H20FN5O2/c1-26-14-7-8-17(27-2)16(11-14)23-18-12-22-25-19(24-18)21-10-9-13-5-3-4-6-15(13)20/h3-8,11-12H,9-10H2,1-2H3,(H2,21,23,24,25). The predicted octanol–water partition coefficient (Wildman–Crippen LogP) is 3.43. The lowest BCUT2D eigenvalue weighted by Crippen LogP contribution is -2.10. The topological polar surface area (TPSA) is 81.2 Å². The molecule has 0 radical (unpaired) electrons. The summed E-state index contributed by atoms with van der Waals surface area (Å²) >= 11 is 0. The number of benzene rings is 2. The van der Waals surface area contributed by atoms with Crippen molar-refractivity contribution in [2.24, 2.45) is 0 Å². The number of methoxy groups -OCH3 is 2. The highest BCUT2D eigenvalue weighted by Crippen LogP contribution is 2.30. The van der Waals surface area contributed by atoms with E-state index in [2.05, 4.69) is 25.8 Å². The molecule has 3 aromatic rings. The third-order valence-electron chi connectivity index (χ3n) is 3.86. The first-order valence-electron chi connectivity index (χ1n) is 8.35. The second kappa shape index (κ2) is 8.79. The lowest BCUT2D eigenvalue weighted by molar-refractivity contribution is 0.405. The lowest BCUT2D eigenvalue weighted by atomic mass is 10.1. The molecule has 27 heavy (non-hydrogen) atoms. The first-order chi connectivity index (χ1) is 13.2. The van der Waals surface area contributed by atoms with Gasteiger partial charge in [-0.15, -0.1) is 5.10 Å². The zero-order valence-electron chi connectivity index (χ0n) is 15.1. The third kappa shape index (κ3) is 4.81. The molecule has 0 fully saturated rings. The van der Waals surface area contributed by atoms with Gasteiger partial charge in [0, 0.05) is 12.6 Å². The van der Waals surface area contributed by atoms with Crippen LogP contribution in [0.25, 0.3) is 0 Å². The molecule has 0 saturated heterocycles. The van der Waals surface area contributed by atoms with Crippen molar-refractivity contribution >= 4 is 17.5 Å². The Morgan fingerprint density at radius 2 is 1.93 bits per heavy atom. The summed E-state index contributed by atoms with van der Waals surface area (Å²) in [5.41, 5.74) is 1.32. The fraction of sp³-hybridized carbons (Fsp3) is 0.211. The number of rotatable bonds is 8. The van der Waals surface area contributed by atoms with Crippen LogP contribution in [0.4, 0.5) is 21.8 Å². The summed E-state index contributed by atoms with van der Waals surface area (Å²) < 4.78 is 24.2. The van der Waals surface area contributed by atoms with E-state index in [1.807, 2.05) is 6.07 Å². The van der Waals surface area contributed by atoms with Crippen molar-refractivity contribution in [3.05, 3.63) is 60.0 Å². The Morgan fingerprint density at radius 3 is 2.70 bits per heavy atom. The smallest absolute Gasteiger partial charge is 0.244 e. The van der Waals surface area contributed by atoms with Gasteiger partial charge in [-0.05, 0) is 30.2 Å². The van der Waals surface area contributed by atoms with Gasteiger partial charge in [0.1, 0.15) is 17.3 Å². The molecular weight excluding hydrogens is 349 g/mol. The summed E-state index contributed by atoms with van der Waals surface area (Å²) in [6, 6.07) is 12.1. The Balaban J connectivity index is 1.66. The molecule has 3 rings (SSSR count). The van der Waals surface area contributed by atoms with Crippen molar-refractivity contribution in [2.75, 3.05) is 31.4 Å². The van der Waals surface area contributed by atoms with Crippen LogP contribution in [0.1, 0.15) is 5.56 Å². The predicted molar refractivity (Wildman–Crippen MR) is 101 cm³/mol. The lowest BCUT2D eigenvalue weighted by Gasteiger charge is -2.12. The second-order valence-electron chi connectivity index (χ2n) is 5.62. The van der Waals surface area contributed by atoms with E-state index in [9.17, 15) is 4.39 Å². The fourth-order valence-electron chi connectivity index (χ4n) is 2.50. The quantitative estimate of drug-likeness (QED) is 0.629. The van der Waals surface area contributed by atoms with Gasteiger partial charge in [-0.25, -0.2) is 4.39 Å². The van der Waals surface area contributed by atoms with Crippen LogP contribution in [-0.2, 0) is 6.42 Å². The average Bonchev–Trinajstić information content (AvgIpc) is 2.70. The summed E-state index contributed by atoms with van der Waals surface area (Å²) in [5, 5.41) is 14.1. The Kier molecular flexibility index (Phi) is 5.98. The molecule has 0 aliphatic rings. The maximum absolute atomic E-state index is 13.7. The van der Waals surface area contributed by atoms with E-state index in [1.165, 1.54) is 12.3 Å². The van der Waals surface area contributed by atoms with Crippen LogP contribution in [0.3, 0.4) is 0 Å². The number of nitrogens with one attached hydrogen (secondary N) is 2. The number of nitrogens with zero attached hydrogens (tertiary/aromatic N) is 3. The highest BCUT2D eigenvalue weighted by Gasteiger charge is 2.08. The molecule has 7 nitrogen and oxygen atoms in total. The monoisotopic (exact) mass is 369 g/mol. The molecule has 1 aromatic heterocycles. The van der Waals surface area contributed by atoms with Gasteiger partial charge in [0.25, 0.3) is 0 Å². The fourth-order valence-corrected chi connectivity index (χ4v) is 2.50. The molecule has 140 valence electrons. The van der Waals surface area contributed by atoms with E-state index in [0.29, 0.717) is 47.5 Å². The maximum Gasteiger partial charge on any atom is 0.244 e. The van der Waals surface area contributed by atoms with Crippen molar-refractivity contribution in [3.63, 3.8) is 0 Å². The van der Waals surface area contributed by atoms with Gasteiger partial charge in [0.2, 0.25) is 5.95 Å². The van der Waals surface area contributed by atoms with E-state index >= 15 is 0 Å². The largest absolute Gasteiger partial charge is 0.497 e. The molecule has 0 spiro atoms. The third-order valence-corrected chi connectivity index (χ3v) is 3.86. The molecular formula is C19H20FN5O2. The van der Waals surface area contributed by atoms with Crippen LogP contribution in [0, 0.1) is 5.82 Å². The summed E-state index contributed by atoms with van der Waals surface area (Å²) in [4.78, 5) is 4.37. The SMILES string of the molecule is COc1ccc(OC)c(Nc2cnnc(NCCc3ccccc3F)n2)c1. The summed E-state index contributed by atoms with van der Waals surface area (Å²) in [7, 11) is 3.18. The van der Waals surface area contributed by atoms with Gasteiger partial charge in [-0.2, -0.15) is 10.1 Å². The van der Waals surface area contributed by atoms with Gasteiger partial charge in [-0.3, -0.25) is 0 Å². The van der Waals surface area contributed by atoms with Crippen molar-refractivity contribution in [2.45, 2.75) is 6.42 Å². The second-order valence-corrected chi connectivity index (χ2v) is 5.62. The van der Waals surface area contributed by atoms with E-state index < -0.39 is 0 Å². The molecule has 0 saturated carbocycles. The molecule has 0 atom stereocenters. The zero-order chi connectivity index (χ0) is 19.1. The highest BCUT2D eigenvalue weighted by atomic mass is 19.1. The van der Waals surface area contributed by atoms with Crippen LogP contribution < -0.4 is 20.1 Å². The molecule has 0 bridgehead atoms. The average molecular weight is 369 g/mol. The molecule has 2 aromatic carbocycles. The number of ether oxygens (including phenoxy) is 2. The van der Waals surface area contributed by atoms with E-state index in [0.717, 1.165) is 0 Å². The van der Waals surface area contributed by atoms with Crippen molar-refractivity contribution in [1.29, 1.82) is 0 Å². The minimum atomic E-state index is -0.223. The summed E-state index contributed by atoms with van der Waals surface area (Å²) in [6.07, 6.45) is 2.01. The van der Waals surface area contributed by atoms with Gasteiger partial charge in [0.15, 0.2) is 5.82 Å². The normalized spacial score (nSPS) is 10.3. The number of hydrogen-bond acceptors (Lipinski definition) is 7. The molecule has 1 heterocycles. The molecule has 0 aliphatic carbocycles. The Bertz CT molecular complexity index is 907. The van der Waals surface area contributed by atoms with Gasteiger partial charge in [0.05, 0.1) is 26.1 Å². The molecule has 8 heteroatoms. The Morgan fingerprint density at radius 1 is 1.07 bits per heavy atom. The van der Waals surface area contributed by atoms with Crippen LogP contribution in [0.2, 0.25) is 0 Å². The summed E-state index contributed by atoms with van der Waals surface area (Å²) in [5.74, 6) is 1.94. The van der Waals surface area contributed by atoms with E-state index in [1.54, 1.807) is 44.6 Å². The van der Waals surface area contributed by atoms with Gasteiger partial charge >= 0.3 is 0 Å². The Labute approximate surface area is 156 Å².